The van der Waals surface area contributed by atoms with Crippen molar-refractivity contribution in [1.82, 2.24) is 15.5 Å². The average molecular weight is 353 g/mol. The molecule has 0 radical (unpaired) electrons. The van der Waals surface area contributed by atoms with Crippen LogP contribution in [0.25, 0.3) is 0 Å². The van der Waals surface area contributed by atoms with Crippen molar-refractivity contribution in [3.63, 3.8) is 0 Å². The van der Waals surface area contributed by atoms with Crippen LogP contribution in [0.5, 0.6) is 0 Å². The molecular weight excluding hydrogens is 335 g/mol. The lowest BCUT2D eigenvalue weighted by Gasteiger charge is -2.22. The number of hydrogen-bond donors (Lipinski definition) is 2. The fourth-order valence-corrected chi connectivity index (χ4v) is 2.30. The van der Waals surface area contributed by atoms with Gasteiger partial charge in [-0.3, -0.25) is 14.9 Å². The molecular formula is C13H18F3N3O5. The summed E-state index contributed by atoms with van der Waals surface area (Å²) in [7, 11) is 2.97. The van der Waals surface area contributed by atoms with Crippen molar-refractivity contribution < 1.29 is 37.1 Å². The zero-order chi connectivity index (χ0) is 18.7. The molecule has 0 aromatic heterocycles. The Morgan fingerprint density at radius 2 is 1.83 bits per heavy atom. The second kappa shape index (κ2) is 7.60. The number of carbonyl (C=O) groups excluding carboxylic acids is 4. The molecule has 1 aliphatic heterocycles. The summed E-state index contributed by atoms with van der Waals surface area (Å²) in [6.45, 7) is 1.25. The second-order valence-corrected chi connectivity index (χ2v) is 5.54. The van der Waals surface area contributed by atoms with Crippen molar-refractivity contribution in [1.29, 1.82) is 0 Å². The quantitative estimate of drug-likeness (QED) is 0.506. The maximum Gasteiger partial charge on any atom is 0.491 e. The van der Waals surface area contributed by atoms with Crippen LogP contribution in [0.2, 0.25) is 0 Å². The number of carbonyl (C=O) groups is 4. The maximum atomic E-state index is 12.1. The van der Waals surface area contributed by atoms with Gasteiger partial charge in [0.15, 0.2) is 0 Å². The highest BCUT2D eigenvalue weighted by Gasteiger charge is 2.47. The van der Waals surface area contributed by atoms with Crippen LogP contribution in [0, 0.1) is 5.92 Å². The maximum absolute atomic E-state index is 12.1. The number of alkyl halides is 3. The van der Waals surface area contributed by atoms with Crippen molar-refractivity contribution in [3.05, 3.63) is 0 Å². The lowest BCUT2D eigenvalue weighted by atomic mass is 9.97. The van der Waals surface area contributed by atoms with Gasteiger partial charge in [-0.25, -0.2) is 9.59 Å². The minimum absolute atomic E-state index is 0.00340. The molecule has 24 heavy (non-hydrogen) atoms. The number of hydrogen-bond acceptors (Lipinski definition) is 6. The van der Waals surface area contributed by atoms with Crippen molar-refractivity contribution in [2.24, 2.45) is 5.92 Å². The van der Waals surface area contributed by atoms with E-state index in [0.29, 0.717) is 0 Å². The monoisotopic (exact) mass is 353 g/mol. The van der Waals surface area contributed by atoms with E-state index in [1.54, 1.807) is 0 Å². The van der Waals surface area contributed by atoms with Crippen LogP contribution in [-0.4, -0.2) is 67.6 Å². The lowest BCUT2D eigenvalue weighted by Crippen LogP contribution is -2.47. The lowest BCUT2D eigenvalue weighted by molar-refractivity contribution is -0.202. The van der Waals surface area contributed by atoms with Gasteiger partial charge in [0.05, 0.1) is 5.92 Å². The van der Waals surface area contributed by atoms with Crippen molar-refractivity contribution in [2.75, 3.05) is 20.6 Å². The van der Waals surface area contributed by atoms with Gasteiger partial charge in [0, 0.05) is 33.6 Å². The summed E-state index contributed by atoms with van der Waals surface area (Å²) >= 11 is 0. The van der Waals surface area contributed by atoms with E-state index in [1.807, 2.05) is 0 Å². The topological polar surface area (TPSA) is 105 Å². The summed E-state index contributed by atoms with van der Waals surface area (Å²) in [5, 5.41) is 5.10. The molecule has 11 heteroatoms. The molecule has 0 aromatic carbocycles. The summed E-state index contributed by atoms with van der Waals surface area (Å²) in [4.78, 5) is 46.8. The highest BCUT2D eigenvalue weighted by molar-refractivity contribution is 5.92. The van der Waals surface area contributed by atoms with Crippen molar-refractivity contribution in [3.8, 4) is 0 Å². The molecule has 1 rings (SSSR count). The molecule has 1 aliphatic rings. The van der Waals surface area contributed by atoms with Gasteiger partial charge in [-0.1, -0.05) is 0 Å². The third kappa shape index (κ3) is 5.18. The summed E-state index contributed by atoms with van der Waals surface area (Å²) in [5.41, 5.74) is 0. The number of rotatable bonds is 4. The number of esters is 2. The van der Waals surface area contributed by atoms with Gasteiger partial charge in [-0.05, 0) is 6.42 Å². The number of ether oxygens (including phenoxy) is 1. The van der Waals surface area contributed by atoms with Crippen molar-refractivity contribution in [2.45, 2.75) is 31.6 Å². The highest BCUT2D eigenvalue weighted by Crippen LogP contribution is 2.24. The van der Waals surface area contributed by atoms with Crippen LogP contribution in [0.3, 0.4) is 0 Å². The van der Waals surface area contributed by atoms with Crippen LogP contribution < -0.4 is 10.6 Å². The Labute approximate surface area is 135 Å². The molecule has 136 valence electrons. The SMILES string of the molecule is CC(=O)NC[C@@H]1N[C@@H](C(=O)OC(=O)C(F)(F)F)C[C@H]1C(=O)N(C)C. The Hall–Kier alpha value is -2.17. The molecule has 0 bridgehead atoms. The number of halogens is 3. The minimum atomic E-state index is -5.29. The summed E-state index contributed by atoms with van der Waals surface area (Å²) in [6, 6.07) is -1.94. The Morgan fingerprint density at radius 1 is 1.25 bits per heavy atom. The van der Waals surface area contributed by atoms with Gasteiger partial charge < -0.3 is 15.0 Å². The van der Waals surface area contributed by atoms with E-state index in [0.717, 1.165) is 0 Å². The van der Waals surface area contributed by atoms with Gasteiger partial charge in [0.2, 0.25) is 11.8 Å². The fourth-order valence-electron chi connectivity index (χ4n) is 2.30. The number of nitrogens with zero attached hydrogens (tertiary/aromatic N) is 1. The van der Waals surface area contributed by atoms with Gasteiger partial charge in [0.25, 0.3) is 0 Å². The van der Waals surface area contributed by atoms with Gasteiger partial charge >= 0.3 is 18.1 Å². The van der Waals surface area contributed by atoms with E-state index in [1.165, 1.54) is 25.9 Å². The van der Waals surface area contributed by atoms with E-state index in [9.17, 15) is 32.3 Å². The fraction of sp³-hybridized carbons (Fsp3) is 0.692. The van der Waals surface area contributed by atoms with Gasteiger partial charge in [0.1, 0.15) is 6.04 Å². The smallest absolute Gasteiger partial charge is 0.385 e. The van der Waals surface area contributed by atoms with Crippen LogP contribution >= 0.6 is 0 Å². The Bertz CT molecular complexity index is 535. The first-order valence-electron chi connectivity index (χ1n) is 6.98. The summed E-state index contributed by atoms with van der Waals surface area (Å²) < 4.78 is 40.2. The standard InChI is InChI=1S/C13H18F3N3O5/c1-6(20)17-5-9-7(10(21)19(2)3)4-8(18-9)11(22)24-12(23)13(14,15)16/h7-9,18H,4-5H2,1-3H3,(H,17,20)/t7-,8-,9+/m1/s1. The third-order valence-corrected chi connectivity index (χ3v) is 3.43. The largest absolute Gasteiger partial charge is 0.491 e. The predicted octanol–water partition coefficient (Wildman–Crippen LogP) is -0.810. The summed E-state index contributed by atoms with van der Waals surface area (Å²) in [6.07, 6.45) is -5.44. The first-order valence-corrected chi connectivity index (χ1v) is 6.98. The minimum Gasteiger partial charge on any atom is -0.385 e. The molecule has 0 unspecified atom stereocenters. The first-order chi connectivity index (χ1) is 10.9. The third-order valence-electron chi connectivity index (χ3n) is 3.43. The molecule has 3 atom stereocenters. The number of amides is 2. The van der Waals surface area contributed by atoms with E-state index in [4.69, 9.17) is 0 Å². The Kier molecular flexibility index (Phi) is 6.29. The van der Waals surface area contributed by atoms with Crippen LogP contribution in [0.1, 0.15) is 13.3 Å². The molecule has 1 heterocycles. The molecule has 0 aliphatic carbocycles. The molecule has 2 amide bonds. The molecule has 0 saturated carbocycles. The van der Waals surface area contributed by atoms with Crippen LogP contribution in [0.4, 0.5) is 13.2 Å². The van der Waals surface area contributed by atoms with E-state index in [-0.39, 0.29) is 24.8 Å². The van der Waals surface area contributed by atoms with Gasteiger partial charge in [-0.2, -0.15) is 13.2 Å². The number of nitrogens with one attached hydrogen (secondary N) is 2. The molecule has 0 spiro atoms. The van der Waals surface area contributed by atoms with Crippen molar-refractivity contribution >= 4 is 23.8 Å². The van der Waals surface area contributed by atoms with Crippen LogP contribution in [0.15, 0.2) is 0 Å². The second-order valence-electron chi connectivity index (χ2n) is 5.54. The Morgan fingerprint density at radius 3 is 2.29 bits per heavy atom. The highest BCUT2D eigenvalue weighted by atomic mass is 19.4. The summed E-state index contributed by atoms with van der Waals surface area (Å²) in [5.74, 6) is -5.53. The van der Waals surface area contributed by atoms with E-state index in [2.05, 4.69) is 15.4 Å². The molecule has 0 aromatic rings. The predicted molar refractivity (Wildman–Crippen MR) is 73.4 cm³/mol. The molecule has 1 saturated heterocycles. The molecule has 2 N–H and O–H groups in total. The molecule has 8 nitrogen and oxygen atoms in total. The van der Waals surface area contributed by atoms with E-state index < -0.39 is 36.1 Å². The normalized spacial score (nSPS) is 23.5. The first kappa shape index (κ1) is 19.9. The van der Waals surface area contributed by atoms with E-state index >= 15 is 0 Å². The van der Waals surface area contributed by atoms with Crippen LogP contribution in [-0.2, 0) is 23.9 Å². The zero-order valence-electron chi connectivity index (χ0n) is 13.3. The average Bonchev–Trinajstić information content (AvgIpc) is 2.87. The Balaban J connectivity index is 2.80. The zero-order valence-corrected chi connectivity index (χ0v) is 13.3. The molecule has 1 fully saturated rings. The van der Waals surface area contributed by atoms with Gasteiger partial charge in [-0.15, -0.1) is 0 Å².